The summed E-state index contributed by atoms with van der Waals surface area (Å²) in [4.78, 5) is 14.1. The number of aromatic amines is 1. The molecule has 0 amide bonds. The monoisotopic (exact) mass is 478 g/mol. The maximum Gasteiger partial charge on any atom is 0.303 e. The molecule has 0 saturated heterocycles. The Hall–Kier alpha value is -3.91. The lowest BCUT2D eigenvalue weighted by molar-refractivity contribution is -0.136. The van der Waals surface area contributed by atoms with E-state index in [9.17, 15) is 9.90 Å². The van der Waals surface area contributed by atoms with Gasteiger partial charge in [0.05, 0.1) is 19.2 Å². The van der Waals surface area contributed by atoms with Crippen LogP contribution >= 0.6 is 0 Å². The Balaban J connectivity index is 1.20. The van der Waals surface area contributed by atoms with Crippen LogP contribution in [-0.2, 0) is 11.2 Å². The molecule has 3 aromatic carbocycles. The van der Waals surface area contributed by atoms with Crippen molar-refractivity contribution in [3.63, 3.8) is 0 Å². The molecule has 4 N–H and O–H groups in total. The highest BCUT2D eigenvalue weighted by molar-refractivity contribution is 6.09. The number of ether oxygens (including phenoxy) is 3. The normalized spacial score (nSPS) is 11.1. The van der Waals surface area contributed by atoms with Crippen LogP contribution < -0.4 is 19.5 Å². The van der Waals surface area contributed by atoms with E-state index in [2.05, 4.69) is 10.3 Å². The van der Waals surface area contributed by atoms with Gasteiger partial charge in [-0.3, -0.25) is 4.79 Å². The zero-order valence-corrected chi connectivity index (χ0v) is 19.7. The Morgan fingerprint density at radius 1 is 0.971 bits per heavy atom. The Morgan fingerprint density at radius 2 is 1.83 bits per heavy atom. The molecule has 0 saturated carbocycles. The minimum Gasteiger partial charge on any atom is -0.504 e. The first-order chi connectivity index (χ1) is 17.1. The summed E-state index contributed by atoms with van der Waals surface area (Å²) in [5.41, 5.74) is 2.70. The highest BCUT2D eigenvalue weighted by Crippen LogP contribution is 2.38. The van der Waals surface area contributed by atoms with Crippen LogP contribution in [0.3, 0.4) is 0 Å². The maximum atomic E-state index is 10.8. The predicted molar refractivity (Wildman–Crippen MR) is 135 cm³/mol. The molecule has 0 fully saturated rings. The van der Waals surface area contributed by atoms with Gasteiger partial charge in [-0.1, -0.05) is 24.3 Å². The van der Waals surface area contributed by atoms with Gasteiger partial charge in [0.1, 0.15) is 6.61 Å². The molecule has 1 heterocycles. The molecular weight excluding hydrogens is 448 g/mol. The van der Waals surface area contributed by atoms with E-state index in [1.165, 1.54) is 0 Å². The van der Waals surface area contributed by atoms with E-state index in [1.54, 1.807) is 19.2 Å². The number of para-hydroxylation sites is 1. The van der Waals surface area contributed by atoms with Gasteiger partial charge in [0.2, 0.25) is 0 Å². The van der Waals surface area contributed by atoms with Crippen molar-refractivity contribution in [2.45, 2.75) is 19.3 Å². The molecule has 0 aliphatic carbocycles. The fourth-order valence-corrected chi connectivity index (χ4v) is 4.00. The number of hydrogen-bond donors (Lipinski definition) is 4. The SMILES string of the molecule is COc1cc(CCC(=O)O)ccc1OCCNCCCOc1c(O)ccc2c1[nH]c1ccccc12. The van der Waals surface area contributed by atoms with Crippen molar-refractivity contribution in [2.75, 3.05) is 33.4 Å². The molecule has 0 unspecified atom stereocenters. The number of carbonyl (C=O) groups is 1. The molecule has 8 heteroatoms. The van der Waals surface area contributed by atoms with E-state index in [4.69, 9.17) is 19.3 Å². The van der Waals surface area contributed by atoms with E-state index in [0.29, 0.717) is 43.4 Å². The molecule has 35 heavy (non-hydrogen) atoms. The quantitative estimate of drug-likeness (QED) is 0.209. The van der Waals surface area contributed by atoms with Crippen molar-refractivity contribution in [2.24, 2.45) is 0 Å². The third-order valence-corrected chi connectivity index (χ3v) is 5.75. The minimum atomic E-state index is -0.826. The third kappa shape index (κ3) is 5.96. The summed E-state index contributed by atoms with van der Waals surface area (Å²) in [6.45, 7) is 2.30. The smallest absolute Gasteiger partial charge is 0.303 e. The number of hydrogen-bond acceptors (Lipinski definition) is 6. The van der Waals surface area contributed by atoms with Gasteiger partial charge in [-0.15, -0.1) is 0 Å². The number of aromatic nitrogens is 1. The van der Waals surface area contributed by atoms with E-state index in [0.717, 1.165) is 40.3 Å². The second-order valence-electron chi connectivity index (χ2n) is 8.19. The average molecular weight is 479 g/mol. The van der Waals surface area contributed by atoms with Gasteiger partial charge in [0.15, 0.2) is 23.0 Å². The summed E-state index contributed by atoms with van der Waals surface area (Å²) in [7, 11) is 1.57. The Morgan fingerprint density at radius 3 is 2.66 bits per heavy atom. The van der Waals surface area contributed by atoms with E-state index < -0.39 is 5.97 Å². The topological polar surface area (TPSA) is 113 Å². The fourth-order valence-electron chi connectivity index (χ4n) is 4.00. The van der Waals surface area contributed by atoms with Crippen LogP contribution in [-0.4, -0.2) is 54.6 Å². The number of phenols is 1. The lowest BCUT2D eigenvalue weighted by atomic mass is 10.1. The summed E-state index contributed by atoms with van der Waals surface area (Å²) in [5.74, 6) is 0.979. The fraction of sp³-hybridized carbons (Fsp3) is 0.296. The Bertz CT molecular complexity index is 1300. The third-order valence-electron chi connectivity index (χ3n) is 5.75. The van der Waals surface area contributed by atoms with Gasteiger partial charge in [0, 0.05) is 29.3 Å². The Kier molecular flexibility index (Phi) is 7.95. The first kappa shape index (κ1) is 24.2. The molecule has 0 aliphatic heterocycles. The molecule has 8 nitrogen and oxygen atoms in total. The number of carboxylic acids is 1. The van der Waals surface area contributed by atoms with Crippen molar-refractivity contribution >= 4 is 27.8 Å². The highest BCUT2D eigenvalue weighted by atomic mass is 16.5. The number of H-pyrrole nitrogens is 1. The molecular formula is C27H30N2O6. The number of rotatable bonds is 13. The number of nitrogens with one attached hydrogen (secondary N) is 2. The van der Waals surface area contributed by atoms with Crippen LogP contribution in [0.5, 0.6) is 23.0 Å². The van der Waals surface area contributed by atoms with Crippen LogP contribution in [0.1, 0.15) is 18.4 Å². The summed E-state index contributed by atoms with van der Waals surface area (Å²) in [5, 5.41) is 24.6. The number of fused-ring (bicyclic) bond motifs is 3. The lowest BCUT2D eigenvalue weighted by Gasteiger charge is -2.13. The molecule has 4 rings (SSSR count). The largest absolute Gasteiger partial charge is 0.504 e. The predicted octanol–water partition coefficient (Wildman–Crippen LogP) is 4.49. The van der Waals surface area contributed by atoms with E-state index in [-0.39, 0.29) is 12.2 Å². The second-order valence-corrected chi connectivity index (χ2v) is 8.19. The molecule has 4 aromatic rings. The maximum absolute atomic E-state index is 10.8. The molecule has 184 valence electrons. The highest BCUT2D eigenvalue weighted by Gasteiger charge is 2.13. The van der Waals surface area contributed by atoms with Gasteiger partial charge >= 0.3 is 5.97 Å². The first-order valence-corrected chi connectivity index (χ1v) is 11.6. The zero-order valence-electron chi connectivity index (χ0n) is 19.7. The van der Waals surface area contributed by atoms with Gasteiger partial charge < -0.3 is 34.7 Å². The number of methoxy groups -OCH3 is 1. The van der Waals surface area contributed by atoms with Crippen LogP contribution in [0.2, 0.25) is 0 Å². The average Bonchev–Trinajstić information content (AvgIpc) is 3.24. The Labute approximate surface area is 203 Å². The van der Waals surface area contributed by atoms with Crippen LogP contribution in [0.15, 0.2) is 54.6 Å². The van der Waals surface area contributed by atoms with E-state index >= 15 is 0 Å². The number of carboxylic acid groups (broad SMARTS) is 1. The summed E-state index contributed by atoms with van der Waals surface area (Å²) < 4.78 is 17.1. The number of aromatic hydroxyl groups is 1. The number of phenolic OH excluding ortho intramolecular Hbond substituents is 1. The molecule has 1 aromatic heterocycles. The molecule has 0 atom stereocenters. The van der Waals surface area contributed by atoms with Gasteiger partial charge in [-0.05, 0) is 55.3 Å². The lowest BCUT2D eigenvalue weighted by Crippen LogP contribution is -2.23. The van der Waals surface area contributed by atoms with Gasteiger partial charge in [0.25, 0.3) is 0 Å². The second kappa shape index (κ2) is 11.5. The van der Waals surface area contributed by atoms with Crippen molar-refractivity contribution in [3.8, 4) is 23.0 Å². The van der Waals surface area contributed by atoms with Crippen molar-refractivity contribution in [3.05, 3.63) is 60.2 Å². The van der Waals surface area contributed by atoms with Crippen molar-refractivity contribution in [1.29, 1.82) is 0 Å². The zero-order chi connectivity index (χ0) is 24.6. The van der Waals surface area contributed by atoms with Crippen LogP contribution in [0.25, 0.3) is 21.8 Å². The summed E-state index contributed by atoms with van der Waals surface area (Å²) in [6, 6.07) is 17.1. The molecule has 0 bridgehead atoms. The van der Waals surface area contributed by atoms with E-state index in [1.807, 2.05) is 42.5 Å². The first-order valence-electron chi connectivity index (χ1n) is 11.6. The van der Waals surface area contributed by atoms with Crippen molar-refractivity contribution < 1.29 is 29.2 Å². The standard InChI is InChI=1S/C27H30N2O6/c1-33-24-17-18(8-12-25(31)32)7-11-23(24)34-16-14-28-13-4-15-35-27-22(30)10-9-20-19-5-2-3-6-21(19)29-26(20)27/h2-3,5-7,9-11,17,28-30H,4,8,12-16H2,1H3,(H,31,32). The molecule has 0 spiro atoms. The summed E-state index contributed by atoms with van der Waals surface area (Å²) in [6.07, 6.45) is 1.29. The van der Waals surface area contributed by atoms with Crippen LogP contribution in [0, 0.1) is 0 Å². The number of aryl methyl sites for hydroxylation is 1. The summed E-state index contributed by atoms with van der Waals surface area (Å²) >= 11 is 0. The van der Waals surface area contributed by atoms with Gasteiger partial charge in [-0.25, -0.2) is 0 Å². The van der Waals surface area contributed by atoms with Crippen LogP contribution in [0.4, 0.5) is 0 Å². The molecule has 0 radical (unpaired) electrons. The van der Waals surface area contributed by atoms with Crippen molar-refractivity contribution in [1.82, 2.24) is 10.3 Å². The number of aliphatic carboxylic acids is 1. The minimum absolute atomic E-state index is 0.0769. The van der Waals surface area contributed by atoms with Gasteiger partial charge in [-0.2, -0.15) is 0 Å². The molecule has 0 aliphatic rings. The number of benzene rings is 3.